The maximum Gasteiger partial charge on any atom is 0.120 e. The molecule has 1 N–H and O–H groups in total. The Balaban J connectivity index is 1.88. The summed E-state index contributed by atoms with van der Waals surface area (Å²) in [5, 5.41) is 3.24. The van der Waals surface area contributed by atoms with Crippen molar-refractivity contribution in [2.24, 2.45) is 4.99 Å². The first-order chi connectivity index (χ1) is 7.43. The summed E-state index contributed by atoms with van der Waals surface area (Å²) in [7, 11) is 0. The van der Waals surface area contributed by atoms with E-state index in [1.165, 1.54) is 44.9 Å². The molecule has 0 unspecified atom stereocenters. The van der Waals surface area contributed by atoms with Crippen LogP contribution in [0.25, 0.3) is 0 Å². The molecule has 1 rings (SSSR count). The van der Waals surface area contributed by atoms with Crippen molar-refractivity contribution >= 4 is 5.84 Å². The number of nitrogens with one attached hydrogen (secondary N) is 1. The molecule has 1 heterocycles. The van der Waals surface area contributed by atoms with Crippen molar-refractivity contribution in [3.05, 3.63) is 12.2 Å². The van der Waals surface area contributed by atoms with Crippen LogP contribution in [0.4, 0.5) is 0 Å². The monoisotopic (exact) mass is 208 g/mol. The minimum absolute atomic E-state index is 0.941. The molecule has 0 aliphatic carbocycles. The highest BCUT2D eigenvalue weighted by atomic mass is 15.1. The average Bonchev–Trinajstić information content (AvgIpc) is 2.75. The Kier molecular flexibility index (Phi) is 6.97. The lowest BCUT2D eigenvalue weighted by atomic mass is 10.1. The first-order valence-electron chi connectivity index (χ1n) is 6.38. The minimum Gasteiger partial charge on any atom is -0.369 e. The topological polar surface area (TPSA) is 24.4 Å². The van der Waals surface area contributed by atoms with Gasteiger partial charge in [-0.2, -0.15) is 0 Å². The summed E-state index contributed by atoms with van der Waals surface area (Å²) in [5.74, 6) is 1.07. The molecular weight excluding hydrogens is 184 g/mol. The fourth-order valence-corrected chi connectivity index (χ4v) is 1.77. The number of allylic oxidation sites excluding steroid dienone is 1. The zero-order chi connectivity index (χ0) is 10.8. The molecule has 86 valence electrons. The van der Waals surface area contributed by atoms with Gasteiger partial charge in [-0.05, 0) is 18.9 Å². The van der Waals surface area contributed by atoms with E-state index in [1.807, 2.05) is 0 Å². The van der Waals surface area contributed by atoms with Crippen LogP contribution in [-0.2, 0) is 0 Å². The Morgan fingerprint density at radius 2 is 2.00 bits per heavy atom. The molecule has 0 spiro atoms. The second kappa shape index (κ2) is 8.51. The van der Waals surface area contributed by atoms with Gasteiger partial charge in [-0.3, -0.25) is 4.99 Å². The smallest absolute Gasteiger partial charge is 0.120 e. The molecule has 0 saturated heterocycles. The average molecular weight is 208 g/mol. The van der Waals surface area contributed by atoms with Gasteiger partial charge in [0.1, 0.15) is 5.84 Å². The van der Waals surface area contributed by atoms with E-state index in [-0.39, 0.29) is 0 Å². The molecule has 0 bridgehead atoms. The number of hydrogen-bond acceptors (Lipinski definition) is 2. The van der Waals surface area contributed by atoms with Crippen LogP contribution in [0.2, 0.25) is 0 Å². The van der Waals surface area contributed by atoms with Gasteiger partial charge in [0.2, 0.25) is 0 Å². The van der Waals surface area contributed by atoms with Crippen LogP contribution in [0, 0.1) is 0 Å². The van der Waals surface area contributed by atoms with Crippen molar-refractivity contribution in [1.29, 1.82) is 0 Å². The Bertz CT molecular complexity index is 207. The van der Waals surface area contributed by atoms with E-state index in [2.05, 4.69) is 29.4 Å². The normalized spacial score (nSPS) is 15.7. The molecule has 1 aliphatic rings. The third-order valence-electron chi connectivity index (χ3n) is 2.70. The molecular formula is C13H24N2. The second-order valence-corrected chi connectivity index (χ2v) is 4.15. The van der Waals surface area contributed by atoms with Crippen molar-refractivity contribution in [2.45, 2.75) is 51.9 Å². The van der Waals surface area contributed by atoms with Crippen molar-refractivity contribution in [3.8, 4) is 0 Å². The molecule has 2 nitrogen and oxygen atoms in total. The molecule has 0 saturated carbocycles. The van der Waals surface area contributed by atoms with Crippen molar-refractivity contribution in [2.75, 3.05) is 13.1 Å². The highest BCUT2D eigenvalue weighted by Crippen LogP contribution is 2.07. The van der Waals surface area contributed by atoms with Gasteiger partial charge in [0, 0.05) is 6.54 Å². The Morgan fingerprint density at radius 3 is 2.73 bits per heavy atom. The van der Waals surface area contributed by atoms with Gasteiger partial charge in [-0.25, -0.2) is 0 Å². The Hall–Kier alpha value is -0.790. The van der Waals surface area contributed by atoms with E-state index >= 15 is 0 Å². The van der Waals surface area contributed by atoms with E-state index in [4.69, 9.17) is 0 Å². The largest absolute Gasteiger partial charge is 0.369 e. The maximum atomic E-state index is 4.31. The van der Waals surface area contributed by atoms with Gasteiger partial charge >= 0.3 is 0 Å². The summed E-state index contributed by atoms with van der Waals surface area (Å²) < 4.78 is 0. The fraction of sp³-hybridized carbons (Fsp3) is 0.769. The molecule has 0 aromatic rings. The third kappa shape index (κ3) is 6.32. The molecule has 1 aliphatic heterocycles. The van der Waals surface area contributed by atoms with Gasteiger partial charge in [-0.15, -0.1) is 0 Å². The molecule has 0 atom stereocenters. The van der Waals surface area contributed by atoms with Crippen LogP contribution in [-0.4, -0.2) is 18.9 Å². The van der Waals surface area contributed by atoms with E-state index in [0.717, 1.165) is 18.9 Å². The number of amidine groups is 1. The third-order valence-corrected chi connectivity index (χ3v) is 2.70. The molecule has 0 aromatic heterocycles. The summed E-state index contributed by atoms with van der Waals surface area (Å²) in [6, 6.07) is 0. The standard InChI is InChI=1S/C13H24N2/c1-2-3-4-5-6-7-8-9-10-13-14-11-12-15-13/h9-10H,2-8,11-12H2,1H3,(H,14,15)/b10-9+. The van der Waals surface area contributed by atoms with Gasteiger partial charge in [0.15, 0.2) is 0 Å². The Labute approximate surface area is 93.9 Å². The van der Waals surface area contributed by atoms with Crippen LogP contribution in [0.3, 0.4) is 0 Å². The number of hydrogen-bond donors (Lipinski definition) is 1. The summed E-state index contributed by atoms with van der Waals surface area (Å²) in [6.07, 6.45) is 13.8. The lowest BCUT2D eigenvalue weighted by Crippen LogP contribution is -2.15. The zero-order valence-electron chi connectivity index (χ0n) is 9.97. The SMILES string of the molecule is CCCCCCCC/C=C/C1=NCCN1. The maximum absolute atomic E-state index is 4.31. The second-order valence-electron chi connectivity index (χ2n) is 4.15. The van der Waals surface area contributed by atoms with Crippen molar-refractivity contribution in [3.63, 3.8) is 0 Å². The van der Waals surface area contributed by atoms with Crippen LogP contribution in [0.15, 0.2) is 17.1 Å². The number of aliphatic imine (C=N–C) groups is 1. The Morgan fingerprint density at radius 1 is 1.20 bits per heavy atom. The van der Waals surface area contributed by atoms with Crippen molar-refractivity contribution in [1.82, 2.24) is 5.32 Å². The highest BCUT2D eigenvalue weighted by molar-refractivity contribution is 5.93. The van der Waals surface area contributed by atoms with E-state index in [9.17, 15) is 0 Å². The zero-order valence-corrected chi connectivity index (χ0v) is 9.97. The summed E-state index contributed by atoms with van der Waals surface area (Å²) >= 11 is 0. The number of rotatable bonds is 8. The molecule has 0 amide bonds. The highest BCUT2D eigenvalue weighted by Gasteiger charge is 1.98. The lowest BCUT2D eigenvalue weighted by Gasteiger charge is -1.98. The number of unbranched alkanes of at least 4 members (excludes halogenated alkanes) is 6. The predicted octanol–water partition coefficient (Wildman–Crippen LogP) is 3.29. The van der Waals surface area contributed by atoms with Crippen LogP contribution >= 0.6 is 0 Å². The van der Waals surface area contributed by atoms with E-state index in [1.54, 1.807) is 0 Å². The van der Waals surface area contributed by atoms with Gasteiger partial charge in [0.05, 0.1) is 6.54 Å². The van der Waals surface area contributed by atoms with Gasteiger partial charge in [-0.1, -0.05) is 45.1 Å². The molecule has 0 fully saturated rings. The van der Waals surface area contributed by atoms with Gasteiger partial charge in [0.25, 0.3) is 0 Å². The molecule has 2 heteroatoms. The van der Waals surface area contributed by atoms with Crippen molar-refractivity contribution < 1.29 is 0 Å². The van der Waals surface area contributed by atoms with E-state index < -0.39 is 0 Å². The van der Waals surface area contributed by atoms with Gasteiger partial charge < -0.3 is 5.32 Å². The first-order valence-corrected chi connectivity index (χ1v) is 6.38. The fourth-order valence-electron chi connectivity index (χ4n) is 1.77. The quantitative estimate of drug-likeness (QED) is 0.608. The molecule has 0 radical (unpaired) electrons. The number of nitrogens with zero attached hydrogens (tertiary/aromatic N) is 1. The predicted molar refractivity (Wildman–Crippen MR) is 67.4 cm³/mol. The van der Waals surface area contributed by atoms with E-state index in [0.29, 0.717) is 0 Å². The van der Waals surface area contributed by atoms with Crippen LogP contribution < -0.4 is 5.32 Å². The summed E-state index contributed by atoms with van der Waals surface area (Å²) in [4.78, 5) is 4.31. The first kappa shape index (κ1) is 12.3. The molecule has 0 aromatic carbocycles. The van der Waals surface area contributed by atoms with Crippen LogP contribution in [0.1, 0.15) is 51.9 Å². The molecule has 15 heavy (non-hydrogen) atoms. The summed E-state index contributed by atoms with van der Waals surface area (Å²) in [5.41, 5.74) is 0. The van der Waals surface area contributed by atoms with Crippen LogP contribution in [0.5, 0.6) is 0 Å². The minimum atomic E-state index is 0.941. The summed E-state index contributed by atoms with van der Waals surface area (Å²) in [6.45, 7) is 4.21. The lowest BCUT2D eigenvalue weighted by molar-refractivity contribution is 0.611.